The summed E-state index contributed by atoms with van der Waals surface area (Å²) in [5.74, 6) is 1.86. The van der Waals surface area contributed by atoms with Gasteiger partial charge in [-0.2, -0.15) is 0 Å². The topological polar surface area (TPSA) is 12.0 Å². The first-order valence-corrected chi connectivity index (χ1v) is 7.67. The summed E-state index contributed by atoms with van der Waals surface area (Å²) in [7, 11) is 0. The Bertz CT molecular complexity index is 192. The van der Waals surface area contributed by atoms with Gasteiger partial charge in [-0.25, -0.2) is 0 Å². The minimum Gasteiger partial charge on any atom is -0.310 e. The highest BCUT2D eigenvalue weighted by Gasteiger charge is 2.25. The van der Waals surface area contributed by atoms with Crippen molar-refractivity contribution < 1.29 is 0 Å². The van der Waals surface area contributed by atoms with Crippen LogP contribution >= 0.6 is 0 Å². The summed E-state index contributed by atoms with van der Waals surface area (Å²) in [6.07, 6.45) is 13.3. The Balaban J connectivity index is 2.26. The lowest BCUT2D eigenvalue weighted by molar-refractivity contribution is 0.231. The van der Waals surface area contributed by atoms with Gasteiger partial charge >= 0.3 is 0 Å². The summed E-state index contributed by atoms with van der Waals surface area (Å²) in [6, 6.07) is 0.557. The minimum atomic E-state index is 0.557. The van der Waals surface area contributed by atoms with Crippen molar-refractivity contribution in [1.29, 1.82) is 0 Å². The zero-order valence-electron chi connectivity index (χ0n) is 11.9. The maximum Gasteiger partial charge on any atom is 0.0275 e. The van der Waals surface area contributed by atoms with Crippen LogP contribution in [0.15, 0.2) is 12.7 Å². The largest absolute Gasteiger partial charge is 0.310 e. The molecule has 1 aliphatic rings. The Hall–Kier alpha value is -0.300. The molecule has 100 valence electrons. The van der Waals surface area contributed by atoms with Crippen LogP contribution < -0.4 is 5.32 Å². The van der Waals surface area contributed by atoms with E-state index in [0.29, 0.717) is 6.04 Å². The molecule has 0 spiro atoms. The number of hydrogen-bond acceptors (Lipinski definition) is 1. The Kier molecular flexibility index (Phi) is 7.59. The molecule has 0 amide bonds. The maximum atomic E-state index is 4.00. The summed E-state index contributed by atoms with van der Waals surface area (Å²) < 4.78 is 0. The predicted octanol–water partition coefficient (Wildman–Crippen LogP) is 4.54. The van der Waals surface area contributed by atoms with Gasteiger partial charge in [0, 0.05) is 6.04 Å². The summed E-state index contributed by atoms with van der Waals surface area (Å²) in [5.41, 5.74) is 0. The number of unbranched alkanes of at least 4 members (excludes halogenated alkanes) is 1. The second-order valence-electron chi connectivity index (χ2n) is 5.64. The van der Waals surface area contributed by atoms with E-state index in [9.17, 15) is 0 Å². The molecular weight excluding hydrogens is 206 g/mol. The molecule has 1 N–H and O–H groups in total. The van der Waals surface area contributed by atoms with E-state index in [2.05, 4.69) is 31.8 Å². The molecule has 1 nitrogen and oxygen atoms in total. The summed E-state index contributed by atoms with van der Waals surface area (Å²) >= 11 is 0. The van der Waals surface area contributed by atoms with Crippen molar-refractivity contribution in [2.75, 3.05) is 6.54 Å². The molecule has 0 aromatic rings. The highest BCUT2D eigenvalue weighted by atomic mass is 14.9. The van der Waals surface area contributed by atoms with Crippen molar-refractivity contribution in [3.63, 3.8) is 0 Å². The molecular formula is C16H31N. The fraction of sp³-hybridized carbons (Fsp3) is 0.875. The van der Waals surface area contributed by atoms with Crippen molar-refractivity contribution in [2.45, 2.75) is 71.3 Å². The molecule has 0 radical (unpaired) electrons. The van der Waals surface area contributed by atoms with Crippen LogP contribution in [0, 0.1) is 11.8 Å². The quantitative estimate of drug-likeness (QED) is 0.611. The van der Waals surface area contributed by atoms with Crippen molar-refractivity contribution in [2.24, 2.45) is 11.8 Å². The average molecular weight is 237 g/mol. The van der Waals surface area contributed by atoms with Crippen LogP contribution in [-0.2, 0) is 0 Å². The normalized spacial score (nSPS) is 26.7. The lowest BCUT2D eigenvalue weighted by Crippen LogP contribution is -2.36. The lowest BCUT2D eigenvalue weighted by Gasteiger charge is -2.33. The molecule has 1 fully saturated rings. The SMILES string of the molecule is C=CC(NCCC)C1CCC(CCCC)CC1. The fourth-order valence-corrected chi connectivity index (χ4v) is 3.08. The molecule has 1 saturated carbocycles. The Morgan fingerprint density at radius 3 is 2.41 bits per heavy atom. The lowest BCUT2D eigenvalue weighted by atomic mass is 9.77. The zero-order chi connectivity index (χ0) is 12.5. The average Bonchev–Trinajstić information content (AvgIpc) is 2.38. The Morgan fingerprint density at radius 2 is 1.88 bits per heavy atom. The van der Waals surface area contributed by atoms with Gasteiger partial charge < -0.3 is 5.32 Å². The third-order valence-corrected chi connectivity index (χ3v) is 4.25. The van der Waals surface area contributed by atoms with Crippen molar-refractivity contribution in [1.82, 2.24) is 5.32 Å². The first kappa shape index (κ1) is 14.8. The first-order chi connectivity index (χ1) is 8.31. The van der Waals surface area contributed by atoms with E-state index >= 15 is 0 Å². The van der Waals surface area contributed by atoms with E-state index in [1.54, 1.807) is 0 Å². The van der Waals surface area contributed by atoms with E-state index in [1.807, 2.05) is 0 Å². The molecule has 1 unspecified atom stereocenters. The first-order valence-electron chi connectivity index (χ1n) is 7.67. The summed E-state index contributed by atoms with van der Waals surface area (Å²) in [4.78, 5) is 0. The van der Waals surface area contributed by atoms with Crippen LogP contribution in [-0.4, -0.2) is 12.6 Å². The third-order valence-electron chi connectivity index (χ3n) is 4.25. The van der Waals surface area contributed by atoms with Crippen LogP contribution in [0.25, 0.3) is 0 Å². The highest BCUT2D eigenvalue weighted by molar-refractivity contribution is 4.93. The van der Waals surface area contributed by atoms with Crippen LogP contribution in [0.5, 0.6) is 0 Å². The molecule has 1 heteroatoms. The fourth-order valence-electron chi connectivity index (χ4n) is 3.08. The van der Waals surface area contributed by atoms with Gasteiger partial charge in [-0.3, -0.25) is 0 Å². The molecule has 1 rings (SSSR count). The second-order valence-corrected chi connectivity index (χ2v) is 5.64. The smallest absolute Gasteiger partial charge is 0.0275 e. The van der Waals surface area contributed by atoms with Gasteiger partial charge in [-0.1, -0.05) is 52.0 Å². The van der Waals surface area contributed by atoms with E-state index in [4.69, 9.17) is 0 Å². The van der Waals surface area contributed by atoms with E-state index in [0.717, 1.165) is 18.4 Å². The van der Waals surface area contributed by atoms with E-state index in [1.165, 1.54) is 51.4 Å². The van der Waals surface area contributed by atoms with Crippen LogP contribution in [0.2, 0.25) is 0 Å². The summed E-state index contributed by atoms with van der Waals surface area (Å²) in [5, 5.41) is 3.63. The maximum absolute atomic E-state index is 4.00. The van der Waals surface area contributed by atoms with Crippen LogP contribution in [0.4, 0.5) is 0 Å². The molecule has 0 aliphatic heterocycles. The van der Waals surface area contributed by atoms with Crippen molar-refractivity contribution in [3.05, 3.63) is 12.7 Å². The number of hydrogen-bond donors (Lipinski definition) is 1. The molecule has 0 heterocycles. The molecule has 1 atom stereocenters. The van der Waals surface area contributed by atoms with Gasteiger partial charge in [0.2, 0.25) is 0 Å². The molecule has 0 aromatic heterocycles. The molecule has 17 heavy (non-hydrogen) atoms. The molecule has 0 saturated heterocycles. The number of nitrogens with one attached hydrogen (secondary N) is 1. The van der Waals surface area contributed by atoms with Crippen LogP contribution in [0.3, 0.4) is 0 Å². The summed E-state index contributed by atoms with van der Waals surface area (Å²) in [6.45, 7) is 9.66. The van der Waals surface area contributed by atoms with E-state index < -0.39 is 0 Å². The monoisotopic (exact) mass is 237 g/mol. The van der Waals surface area contributed by atoms with Crippen molar-refractivity contribution >= 4 is 0 Å². The zero-order valence-corrected chi connectivity index (χ0v) is 11.9. The standard InChI is InChI=1S/C16H31N/c1-4-7-8-14-9-11-15(12-10-14)16(6-3)17-13-5-2/h6,14-17H,3-5,7-13H2,1-2H3. The minimum absolute atomic E-state index is 0.557. The van der Waals surface area contributed by atoms with Crippen molar-refractivity contribution in [3.8, 4) is 0 Å². The van der Waals surface area contributed by atoms with Gasteiger partial charge in [-0.15, -0.1) is 6.58 Å². The predicted molar refractivity (Wildman–Crippen MR) is 77.3 cm³/mol. The van der Waals surface area contributed by atoms with Gasteiger partial charge in [-0.05, 0) is 37.6 Å². The molecule has 1 aliphatic carbocycles. The van der Waals surface area contributed by atoms with Crippen LogP contribution in [0.1, 0.15) is 65.2 Å². The molecule has 0 aromatic carbocycles. The number of rotatable bonds is 8. The second kappa shape index (κ2) is 8.74. The van der Waals surface area contributed by atoms with Gasteiger partial charge in [0.25, 0.3) is 0 Å². The van der Waals surface area contributed by atoms with Gasteiger partial charge in [0.1, 0.15) is 0 Å². The Labute approximate surface area is 108 Å². The highest BCUT2D eigenvalue weighted by Crippen LogP contribution is 2.33. The van der Waals surface area contributed by atoms with E-state index in [-0.39, 0.29) is 0 Å². The van der Waals surface area contributed by atoms with Gasteiger partial charge in [0.15, 0.2) is 0 Å². The Morgan fingerprint density at radius 1 is 1.18 bits per heavy atom. The molecule has 0 bridgehead atoms. The van der Waals surface area contributed by atoms with Gasteiger partial charge in [0.05, 0.1) is 0 Å². The third kappa shape index (κ3) is 5.25.